The number of hydrogen-bond acceptors (Lipinski definition) is 7. The van der Waals surface area contributed by atoms with Gasteiger partial charge in [0, 0.05) is 11.1 Å². The third-order valence-corrected chi connectivity index (χ3v) is 5.00. The molecule has 168 valence electrons. The molecule has 0 saturated heterocycles. The lowest BCUT2D eigenvalue weighted by molar-refractivity contribution is -0.733. The third kappa shape index (κ3) is 4.11. The number of carbonyl (C=O) groups excluding carboxylic acids is 2. The van der Waals surface area contributed by atoms with Gasteiger partial charge in [-0.15, -0.1) is 4.68 Å². The summed E-state index contributed by atoms with van der Waals surface area (Å²) in [4.78, 5) is 25.7. The topological polar surface area (TPSA) is 122 Å². The van der Waals surface area contributed by atoms with Crippen molar-refractivity contribution in [2.75, 3.05) is 7.11 Å². The fourth-order valence-corrected chi connectivity index (χ4v) is 2.97. The second-order valence-electron chi connectivity index (χ2n) is 6.42. The molecule has 1 heterocycles. The zero-order valence-corrected chi connectivity index (χ0v) is 17.3. The normalized spacial score (nSPS) is 13.1. The van der Waals surface area contributed by atoms with Crippen LogP contribution in [-0.4, -0.2) is 47.1 Å². The summed E-state index contributed by atoms with van der Waals surface area (Å²) in [5, 5.41) is 4.35. The molecule has 0 aliphatic heterocycles. The van der Waals surface area contributed by atoms with Crippen LogP contribution in [0.4, 0.5) is 13.2 Å². The van der Waals surface area contributed by atoms with Crippen molar-refractivity contribution in [2.45, 2.75) is 5.51 Å². The van der Waals surface area contributed by atoms with Crippen LogP contribution >= 0.6 is 0 Å². The van der Waals surface area contributed by atoms with E-state index in [0.717, 1.165) is 0 Å². The second kappa shape index (κ2) is 8.16. The number of aryl methyl sites for hydroxylation is 1. The maximum atomic E-state index is 12.9. The zero-order chi connectivity index (χ0) is 23.8. The Morgan fingerprint density at radius 2 is 1.50 bits per heavy atom. The fraction of sp³-hybridized carbons (Fsp3) is 0.158. The van der Waals surface area contributed by atoms with Crippen molar-refractivity contribution in [3.05, 3.63) is 71.0 Å². The quantitative estimate of drug-likeness (QED) is 0.248. The highest BCUT2D eigenvalue weighted by molar-refractivity contribution is 7.86. The van der Waals surface area contributed by atoms with Gasteiger partial charge in [-0.05, 0) is 24.3 Å². The maximum Gasteiger partial charge on any atom is 0.485 e. The van der Waals surface area contributed by atoms with Gasteiger partial charge in [0.1, 0.15) is 12.8 Å². The predicted molar refractivity (Wildman–Crippen MR) is 100 cm³/mol. The number of benzene rings is 2. The van der Waals surface area contributed by atoms with E-state index in [2.05, 4.69) is 5.21 Å². The van der Waals surface area contributed by atoms with Crippen LogP contribution in [0.2, 0.25) is 0 Å². The smallest absolute Gasteiger partial charge is 0.485 e. The van der Waals surface area contributed by atoms with E-state index in [1.165, 1.54) is 9.36 Å². The van der Waals surface area contributed by atoms with Crippen LogP contribution in [0.25, 0.3) is 5.69 Å². The molecular weight excluding hydrogens is 455 g/mol. The minimum Gasteiger partial charge on any atom is -0.741 e. The SMILES string of the molecule is COc1ccc(-n2n[n+](C)c3c2C(=O)c2ccccc2C3=O)cc1.O=S(=O)([O-])C(F)(F)F. The van der Waals surface area contributed by atoms with Crippen LogP contribution < -0.4 is 9.42 Å². The van der Waals surface area contributed by atoms with Gasteiger partial charge in [0.15, 0.2) is 15.8 Å². The first-order chi connectivity index (χ1) is 14.9. The van der Waals surface area contributed by atoms with Gasteiger partial charge in [-0.2, -0.15) is 13.2 Å². The van der Waals surface area contributed by atoms with E-state index in [9.17, 15) is 22.8 Å². The van der Waals surface area contributed by atoms with Gasteiger partial charge in [-0.3, -0.25) is 9.59 Å². The number of alkyl halides is 3. The number of hydrogen-bond donors (Lipinski definition) is 0. The van der Waals surface area contributed by atoms with Gasteiger partial charge in [0.2, 0.25) is 17.3 Å². The van der Waals surface area contributed by atoms with Crippen molar-refractivity contribution in [3.63, 3.8) is 0 Å². The molecule has 3 aromatic rings. The third-order valence-electron chi connectivity index (χ3n) is 4.43. The maximum absolute atomic E-state index is 12.9. The van der Waals surface area contributed by atoms with Crippen molar-refractivity contribution in [3.8, 4) is 11.4 Å². The summed E-state index contributed by atoms with van der Waals surface area (Å²) < 4.78 is 67.0. The standard InChI is InChI=1S/C18H14N3O3.CHF3O3S/c1-20-15-16(18(23)14-6-4-3-5-13(14)17(15)22)21(19-20)11-7-9-12(24-2)10-8-11;2-1(3,4)8(5,6)7/h3-10H,1-2H3;(H,5,6,7)/q+1;/p-1. The number of rotatable bonds is 2. The Labute approximate surface area is 179 Å². The molecule has 0 unspecified atom stereocenters. The van der Waals surface area contributed by atoms with Crippen molar-refractivity contribution < 1.29 is 45.1 Å². The van der Waals surface area contributed by atoms with Crippen molar-refractivity contribution in [1.82, 2.24) is 9.90 Å². The fourth-order valence-electron chi connectivity index (χ4n) is 2.97. The lowest BCUT2D eigenvalue weighted by Crippen LogP contribution is -2.39. The Bertz CT molecular complexity index is 1320. The lowest BCUT2D eigenvalue weighted by Gasteiger charge is -2.10. The summed E-state index contributed by atoms with van der Waals surface area (Å²) in [6.45, 7) is 0. The molecule has 13 heteroatoms. The molecule has 1 aliphatic rings. The Kier molecular flexibility index (Phi) is 5.89. The Morgan fingerprint density at radius 1 is 1.00 bits per heavy atom. The summed E-state index contributed by atoms with van der Waals surface area (Å²) in [6.07, 6.45) is 0. The van der Waals surface area contributed by atoms with Crippen LogP contribution in [0.15, 0.2) is 48.5 Å². The average molecular weight is 469 g/mol. The summed E-state index contributed by atoms with van der Waals surface area (Å²) in [6, 6.07) is 14.0. The molecule has 0 fully saturated rings. The largest absolute Gasteiger partial charge is 0.741 e. The monoisotopic (exact) mass is 469 g/mol. The van der Waals surface area contributed by atoms with E-state index in [1.54, 1.807) is 62.7 Å². The number of ether oxygens (including phenoxy) is 1. The van der Waals surface area contributed by atoms with Gasteiger partial charge >= 0.3 is 5.51 Å². The van der Waals surface area contributed by atoms with E-state index >= 15 is 0 Å². The molecule has 4 rings (SSSR count). The first-order valence-electron chi connectivity index (χ1n) is 8.71. The minimum absolute atomic E-state index is 0.192. The summed E-state index contributed by atoms with van der Waals surface area (Å²) in [7, 11) is -2.84. The number of methoxy groups -OCH3 is 1. The molecule has 0 saturated carbocycles. The molecule has 9 nitrogen and oxygen atoms in total. The first kappa shape index (κ1) is 23.1. The lowest BCUT2D eigenvalue weighted by atomic mass is 9.90. The Balaban J connectivity index is 0.000000312. The van der Waals surface area contributed by atoms with Gasteiger partial charge < -0.3 is 9.29 Å². The highest BCUT2D eigenvalue weighted by atomic mass is 32.2. The second-order valence-corrected chi connectivity index (χ2v) is 7.79. The summed E-state index contributed by atoms with van der Waals surface area (Å²) >= 11 is 0. The van der Waals surface area contributed by atoms with Crippen LogP contribution in [0.1, 0.15) is 32.1 Å². The van der Waals surface area contributed by atoms with Crippen LogP contribution in [-0.2, 0) is 17.2 Å². The number of carbonyl (C=O) groups is 2. The molecule has 0 spiro atoms. The van der Waals surface area contributed by atoms with Gasteiger partial charge in [0.05, 0.1) is 12.3 Å². The molecule has 0 atom stereocenters. The zero-order valence-electron chi connectivity index (χ0n) is 16.5. The number of fused-ring (bicyclic) bond motifs is 2. The van der Waals surface area contributed by atoms with Gasteiger partial charge in [-0.1, -0.05) is 28.9 Å². The van der Waals surface area contributed by atoms with Crippen molar-refractivity contribution in [1.29, 1.82) is 0 Å². The Morgan fingerprint density at radius 3 is 1.97 bits per heavy atom. The van der Waals surface area contributed by atoms with E-state index in [-0.39, 0.29) is 17.3 Å². The van der Waals surface area contributed by atoms with E-state index in [0.29, 0.717) is 28.3 Å². The first-order valence-corrected chi connectivity index (χ1v) is 10.1. The molecule has 0 amide bonds. The molecular formula is C19H14F3N3O6S. The van der Waals surface area contributed by atoms with E-state index in [1.807, 2.05) is 0 Å². The highest BCUT2D eigenvalue weighted by Crippen LogP contribution is 2.27. The molecule has 0 N–H and O–H groups in total. The van der Waals surface area contributed by atoms with Gasteiger partial charge in [0.25, 0.3) is 5.69 Å². The minimum atomic E-state index is -6.09. The van der Waals surface area contributed by atoms with Crippen molar-refractivity contribution in [2.24, 2.45) is 7.05 Å². The van der Waals surface area contributed by atoms with E-state index in [4.69, 9.17) is 17.7 Å². The van der Waals surface area contributed by atoms with Crippen LogP contribution in [0, 0.1) is 0 Å². The van der Waals surface area contributed by atoms with E-state index < -0.39 is 15.6 Å². The molecule has 0 bridgehead atoms. The molecule has 32 heavy (non-hydrogen) atoms. The Hall–Kier alpha value is -3.58. The number of aromatic nitrogens is 3. The molecule has 1 aliphatic carbocycles. The molecule has 1 aromatic heterocycles. The predicted octanol–water partition coefficient (Wildman–Crippen LogP) is 1.53. The average Bonchev–Trinajstić information content (AvgIpc) is 3.09. The highest BCUT2D eigenvalue weighted by Gasteiger charge is 2.42. The summed E-state index contributed by atoms with van der Waals surface area (Å²) in [5.41, 5.74) is -3.55. The summed E-state index contributed by atoms with van der Waals surface area (Å²) in [5.74, 6) is 0.309. The van der Waals surface area contributed by atoms with Crippen molar-refractivity contribution >= 4 is 21.7 Å². The number of ketones is 2. The number of halogens is 3. The van der Waals surface area contributed by atoms with Crippen LogP contribution in [0.5, 0.6) is 5.75 Å². The molecule has 2 aromatic carbocycles. The molecule has 0 radical (unpaired) electrons. The van der Waals surface area contributed by atoms with Crippen LogP contribution in [0.3, 0.4) is 0 Å². The van der Waals surface area contributed by atoms with Gasteiger partial charge in [-0.25, -0.2) is 8.42 Å². The number of nitrogens with zero attached hydrogens (tertiary/aromatic N) is 3.